The second-order valence-electron chi connectivity index (χ2n) is 9.05. The lowest BCUT2D eigenvalue weighted by atomic mass is 9.75. The number of fused-ring (bicyclic) bond motifs is 2. The summed E-state index contributed by atoms with van der Waals surface area (Å²) in [5.74, 6) is 1.24. The highest BCUT2D eigenvalue weighted by atomic mass is 16.5. The molecule has 2 aliphatic rings. The molecule has 0 saturated heterocycles. The predicted molar refractivity (Wildman–Crippen MR) is 106 cm³/mol. The molecule has 1 aliphatic heterocycles. The summed E-state index contributed by atoms with van der Waals surface area (Å²) in [5.41, 5.74) is 2.90. The van der Waals surface area contributed by atoms with Crippen molar-refractivity contribution in [2.75, 3.05) is 0 Å². The molecule has 0 aromatic heterocycles. The van der Waals surface area contributed by atoms with Gasteiger partial charge in [0.15, 0.2) is 0 Å². The molecule has 0 amide bonds. The molecule has 0 fully saturated rings. The summed E-state index contributed by atoms with van der Waals surface area (Å²) in [4.78, 5) is 0. The highest BCUT2D eigenvalue weighted by molar-refractivity contribution is 5.47. The zero-order valence-electron chi connectivity index (χ0n) is 16.7. The van der Waals surface area contributed by atoms with Crippen molar-refractivity contribution in [2.24, 2.45) is 11.3 Å². The minimum absolute atomic E-state index is 0.0542. The van der Waals surface area contributed by atoms with Crippen LogP contribution in [0.1, 0.15) is 58.1 Å². The molecule has 1 aromatic rings. The summed E-state index contributed by atoms with van der Waals surface area (Å²) >= 11 is 0. The molecule has 0 unspecified atom stereocenters. The van der Waals surface area contributed by atoms with Crippen LogP contribution < -0.4 is 4.74 Å². The third-order valence-electron chi connectivity index (χ3n) is 6.15. The van der Waals surface area contributed by atoms with Crippen LogP contribution >= 0.6 is 0 Å². The van der Waals surface area contributed by atoms with E-state index in [1.165, 1.54) is 0 Å². The van der Waals surface area contributed by atoms with Crippen LogP contribution in [0.4, 0.5) is 0 Å². The molecule has 3 rings (SSSR count). The largest absolute Gasteiger partial charge is 0.508 e. The second-order valence-corrected chi connectivity index (χ2v) is 9.05. The number of aliphatic hydroxyl groups is 1. The zero-order chi connectivity index (χ0) is 19.1. The van der Waals surface area contributed by atoms with Crippen LogP contribution in [0, 0.1) is 18.3 Å². The van der Waals surface area contributed by atoms with Gasteiger partial charge in [-0.3, -0.25) is 0 Å². The van der Waals surface area contributed by atoms with Gasteiger partial charge in [0.1, 0.15) is 17.1 Å². The number of aliphatic hydroxyl groups excluding tert-OH is 1. The standard InChI is InChI=1S/C23H32O3/c1-15-7-10-22(3,4)8-6-9-23(5)17(13-20(15)25)12-19-16(2)11-18(24)14-21(19)26-23/h6-8,11,14,17,20,24-25H,9-10,12-13H2,1-5H3/b8-6-,15-7-/t17-,20-,23-/m1/s1. The third-order valence-corrected chi connectivity index (χ3v) is 6.15. The van der Waals surface area contributed by atoms with Crippen LogP contribution in [0.15, 0.2) is 35.9 Å². The number of phenolic OH excluding ortho intramolecular Hbond substituents is 1. The molecule has 1 aliphatic carbocycles. The third kappa shape index (κ3) is 3.83. The Morgan fingerprint density at radius 1 is 1.12 bits per heavy atom. The fourth-order valence-electron chi connectivity index (χ4n) is 4.15. The van der Waals surface area contributed by atoms with Crippen LogP contribution in [0.2, 0.25) is 0 Å². The lowest BCUT2D eigenvalue weighted by molar-refractivity contribution is -0.00766. The number of aryl methyl sites for hydroxylation is 1. The summed E-state index contributed by atoms with van der Waals surface area (Å²) in [7, 11) is 0. The number of hydrogen-bond donors (Lipinski definition) is 2. The first-order valence-corrected chi connectivity index (χ1v) is 9.63. The van der Waals surface area contributed by atoms with Crippen LogP contribution in [0.5, 0.6) is 11.5 Å². The van der Waals surface area contributed by atoms with Gasteiger partial charge in [-0.05, 0) is 68.2 Å². The van der Waals surface area contributed by atoms with Gasteiger partial charge in [0, 0.05) is 18.4 Å². The van der Waals surface area contributed by atoms with Crippen molar-refractivity contribution < 1.29 is 14.9 Å². The Morgan fingerprint density at radius 2 is 1.85 bits per heavy atom. The van der Waals surface area contributed by atoms with Crippen LogP contribution in [0.3, 0.4) is 0 Å². The van der Waals surface area contributed by atoms with Gasteiger partial charge < -0.3 is 14.9 Å². The molecule has 0 saturated carbocycles. The van der Waals surface area contributed by atoms with Gasteiger partial charge in [0.25, 0.3) is 0 Å². The van der Waals surface area contributed by atoms with E-state index < -0.39 is 11.7 Å². The first kappa shape index (κ1) is 19.0. The molecule has 2 N–H and O–H groups in total. The number of rotatable bonds is 0. The average molecular weight is 357 g/mol. The highest BCUT2D eigenvalue weighted by Gasteiger charge is 2.42. The fraction of sp³-hybridized carbons (Fsp3) is 0.565. The SMILES string of the molecule is C/C1=C/CC(C)(C)/C=C\C[C@@]2(C)Oc3cc(O)cc(C)c3C[C@@H]2C[C@H]1O. The van der Waals surface area contributed by atoms with Crippen molar-refractivity contribution in [3.8, 4) is 11.5 Å². The van der Waals surface area contributed by atoms with Crippen LogP contribution in [-0.2, 0) is 6.42 Å². The van der Waals surface area contributed by atoms with Gasteiger partial charge in [-0.1, -0.05) is 32.1 Å². The van der Waals surface area contributed by atoms with Crippen LogP contribution in [0.25, 0.3) is 0 Å². The van der Waals surface area contributed by atoms with E-state index in [1.54, 1.807) is 12.1 Å². The predicted octanol–water partition coefficient (Wildman–Crippen LogP) is 5.08. The quantitative estimate of drug-likeness (QED) is 0.637. The summed E-state index contributed by atoms with van der Waals surface area (Å²) in [6, 6.07) is 3.52. The van der Waals surface area contributed by atoms with E-state index in [-0.39, 0.29) is 17.1 Å². The summed E-state index contributed by atoms with van der Waals surface area (Å²) < 4.78 is 6.47. The number of allylic oxidation sites excluding steroid dienone is 2. The van der Waals surface area contributed by atoms with E-state index in [1.807, 2.05) is 13.8 Å². The van der Waals surface area contributed by atoms with Gasteiger partial charge in [0.2, 0.25) is 0 Å². The van der Waals surface area contributed by atoms with E-state index in [9.17, 15) is 10.2 Å². The number of hydrogen-bond acceptors (Lipinski definition) is 3. The lowest BCUT2D eigenvalue weighted by Crippen LogP contribution is -2.46. The lowest BCUT2D eigenvalue weighted by Gasteiger charge is -2.43. The molecule has 0 spiro atoms. The maximum Gasteiger partial charge on any atom is 0.127 e. The zero-order valence-corrected chi connectivity index (χ0v) is 16.7. The van der Waals surface area contributed by atoms with Crippen molar-refractivity contribution in [1.29, 1.82) is 0 Å². The Bertz CT molecular complexity index is 744. The Balaban J connectivity index is 2.02. The fourth-order valence-corrected chi connectivity index (χ4v) is 4.15. The molecule has 142 valence electrons. The Labute approximate surface area is 157 Å². The molecule has 0 radical (unpaired) electrons. The molecule has 0 bridgehead atoms. The second kappa shape index (κ2) is 6.77. The van der Waals surface area contributed by atoms with Crippen molar-refractivity contribution in [3.05, 3.63) is 47.1 Å². The Kier molecular flexibility index (Phi) is 4.96. The normalized spacial score (nSPS) is 34.3. The van der Waals surface area contributed by atoms with E-state index in [0.29, 0.717) is 6.42 Å². The Morgan fingerprint density at radius 3 is 2.58 bits per heavy atom. The van der Waals surface area contributed by atoms with E-state index in [4.69, 9.17) is 4.74 Å². The summed E-state index contributed by atoms with van der Waals surface area (Å²) in [5, 5.41) is 20.8. The van der Waals surface area contributed by atoms with E-state index in [2.05, 4.69) is 39.0 Å². The molecule has 1 aromatic carbocycles. The average Bonchev–Trinajstić information content (AvgIpc) is 2.54. The molecule has 1 heterocycles. The van der Waals surface area contributed by atoms with Crippen molar-refractivity contribution in [3.63, 3.8) is 0 Å². The van der Waals surface area contributed by atoms with Gasteiger partial charge in [-0.25, -0.2) is 0 Å². The molecule has 3 heteroatoms. The Hall–Kier alpha value is -1.74. The van der Waals surface area contributed by atoms with Crippen LogP contribution in [-0.4, -0.2) is 21.9 Å². The minimum Gasteiger partial charge on any atom is -0.508 e. The number of aromatic hydroxyl groups is 1. The maximum absolute atomic E-state index is 10.8. The summed E-state index contributed by atoms with van der Waals surface area (Å²) in [6.07, 6.45) is 9.49. The molecular weight excluding hydrogens is 324 g/mol. The smallest absolute Gasteiger partial charge is 0.127 e. The molecule has 26 heavy (non-hydrogen) atoms. The number of phenols is 1. The molecular formula is C23H32O3. The van der Waals surface area contributed by atoms with E-state index in [0.717, 1.165) is 41.7 Å². The first-order chi connectivity index (χ1) is 12.1. The topological polar surface area (TPSA) is 49.7 Å². The number of ether oxygens (including phenoxy) is 1. The van der Waals surface area contributed by atoms with Gasteiger partial charge in [0.05, 0.1) is 6.10 Å². The van der Waals surface area contributed by atoms with Gasteiger partial charge in [-0.15, -0.1) is 0 Å². The minimum atomic E-state index is -0.448. The molecule has 3 nitrogen and oxygen atoms in total. The van der Waals surface area contributed by atoms with Crippen molar-refractivity contribution in [2.45, 2.75) is 72.0 Å². The van der Waals surface area contributed by atoms with E-state index >= 15 is 0 Å². The monoisotopic (exact) mass is 356 g/mol. The maximum atomic E-state index is 10.8. The van der Waals surface area contributed by atoms with Crippen molar-refractivity contribution in [1.82, 2.24) is 0 Å². The summed E-state index contributed by atoms with van der Waals surface area (Å²) in [6.45, 7) is 10.6. The molecule has 3 atom stereocenters. The first-order valence-electron chi connectivity index (χ1n) is 9.63. The van der Waals surface area contributed by atoms with Gasteiger partial charge >= 0.3 is 0 Å². The van der Waals surface area contributed by atoms with Gasteiger partial charge in [-0.2, -0.15) is 0 Å². The highest BCUT2D eigenvalue weighted by Crippen LogP contribution is 2.44. The number of benzene rings is 1. The van der Waals surface area contributed by atoms with Crippen molar-refractivity contribution >= 4 is 0 Å².